The third-order valence-corrected chi connectivity index (χ3v) is 7.69. The first-order valence-corrected chi connectivity index (χ1v) is 12.6. The van der Waals surface area contributed by atoms with Crippen LogP contribution in [0.25, 0.3) is 0 Å². The summed E-state index contributed by atoms with van der Waals surface area (Å²) in [6.45, 7) is 3.62. The molecule has 2 saturated carbocycles. The number of anilines is 2. The van der Waals surface area contributed by atoms with Crippen LogP contribution in [0.15, 0.2) is 53.4 Å². The van der Waals surface area contributed by atoms with Crippen molar-refractivity contribution in [2.45, 2.75) is 62.3 Å². The fraction of sp³-hybridized carbons (Fsp3) is 0.462. The van der Waals surface area contributed by atoms with Crippen LogP contribution in [0.1, 0.15) is 49.9 Å². The van der Waals surface area contributed by atoms with Crippen LogP contribution >= 0.6 is 11.8 Å². The van der Waals surface area contributed by atoms with Gasteiger partial charge in [0.15, 0.2) is 6.10 Å². The summed E-state index contributed by atoms with van der Waals surface area (Å²) in [6.07, 6.45) is 4.07. The van der Waals surface area contributed by atoms with Crippen LogP contribution in [0.5, 0.6) is 0 Å². The maximum Gasteiger partial charge on any atom is 0.341 e. The van der Waals surface area contributed by atoms with E-state index in [9.17, 15) is 18.4 Å². The van der Waals surface area contributed by atoms with Crippen molar-refractivity contribution in [3.8, 4) is 0 Å². The standard InChI is InChI=1S/C26H30F2N2O3S/c1-15(22-14-17-7-8-18(22)13-17)29-24(31)16(2)33-25(32)21-5-3-4-6-23(21)30-19-9-11-20(12-10-19)34-26(27)28/h3-6,9-12,15-18,22,26,30H,7-8,13-14H2,1-2H3,(H,29,31)/t15-,16-,17-,18-,22+/m0/s1. The van der Waals surface area contributed by atoms with Crippen molar-refractivity contribution in [3.63, 3.8) is 0 Å². The molecule has 2 fully saturated rings. The van der Waals surface area contributed by atoms with Crippen LogP contribution in [-0.2, 0) is 9.53 Å². The van der Waals surface area contributed by atoms with Gasteiger partial charge in [-0.25, -0.2) is 4.79 Å². The average molecular weight is 489 g/mol. The molecule has 0 aromatic heterocycles. The van der Waals surface area contributed by atoms with E-state index < -0.39 is 17.8 Å². The Bertz CT molecular complexity index is 1020. The van der Waals surface area contributed by atoms with Crippen LogP contribution in [-0.4, -0.2) is 29.8 Å². The predicted molar refractivity (Wildman–Crippen MR) is 129 cm³/mol. The molecule has 0 saturated heterocycles. The van der Waals surface area contributed by atoms with E-state index in [0.29, 0.717) is 39.9 Å². The SMILES string of the molecule is C[C@H](OC(=O)c1ccccc1Nc1ccc(SC(F)F)cc1)C(=O)N[C@@H](C)[C@H]1C[C@H]2CC[C@H]1C2. The summed E-state index contributed by atoms with van der Waals surface area (Å²) in [4.78, 5) is 26.0. The molecule has 2 aliphatic carbocycles. The highest BCUT2D eigenvalue weighted by atomic mass is 32.2. The van der Waals surface area contributed by atoms with Crippen molar-refractivity contribution in [3.05, 3.63) is 54.1 Å². The van der Waals surface area contributed by atoms with Crippen LogP contribution in [0.2, 0.25) is 0 Å². The molecule has 34 heavy (non-hydrogen) atoms. The molecule has 8 heteroatoms. The fourth-order valence-corrected chi connectivity index (χ4v) is 5.78. The second kappa shape index (κ2) is 10.8. The Kier molecular flexibility index (Phi) is 7.76. The minimum Gasteiger partial charge on any atom is -0.449 e. The summed E-state index contributed by atoms with van der Waals surface area (Å²) in [6, 6.07) is 13.4. The Morgan fingerprint density at radius 3 is 2.41 bits per heavy atom. The minimum absolute atomic E-state index is 0.0594. The van der Waals surface area contributed by atoms with Crippen molar-refractivity contribution in [2.75, 3.05) is 5.32 Å². The van der Waals surface area contributed by atoms with E-state index in [4.69, 9.17) is 4.74 Å². The zero-order valence-electron chi connectivity index (χ0n) is 19.3. The number of hydrogen-bond donors (Lipinski definition) is 2. The number of fused-ring (bicyclic) bond motifs is 2. The van der Waals surface area contributed by atoms with Crippen LogP contribution < -0.4 is 10.6 Å². The number of esters is 1. The van der Waals surface area contributed by atoms with Gasteiger partial charge in [-0.05, 0) is 87.3 Å². The first kappa shape index (κ1) is 24.5. The number of halogens is 2. The summed E-state index contributed by atoms with van der Waals surface area (Å²) in [5, 5.41) is 6.17. The number of alkyl halides is 2. The molecule has 4 rings (SSSR count). The summed E-state index contributed by atoms with van der Waals surface area (Å²) in [7, 11) is 0. The molecular formula is C26H30F2N2O3S. The number of ether oxygens (including phenoxy) is 1. The smallest absolute Gasteiger partial charge is 0.341 e. The number of para-hydroxylation sites is 1. The molecule has 0 heterocycles. The molecule has 5 nitrogen and oxygen atoms in total. The van der Waals surface area contributed by atoms with Gasteiger partial charge in [-0.3, -0.25) is 4.79 Å². The lowest BCUT2D eigenvalue weighted by Crippen LogP contribution is -2.45. The number of amides is 1. The van der Waals surface area contributed by atoms with Gasteiger partial charge in [0.25, 0.3) is 11.7 Å². The molecule has 1 amide bonds. The highest BCUT2D eigenvalue weighted by Gasteiger charge is 2.42. The molecule has 2 aliphatic rings. The number of benzene rings is 2. The monoisotopic (exact) mass is 488 g/mol. The summed E-state index contributed by atoms with van der Waals surface area (Å²) in [5.74, 6) is -1.39. The molecule has 182 valence electrons. The molecule has 0 unspecified atom stereocenters. The van der Waals surface area contributed by atoms with Gasteiger partial charge in [0.05, 0.1) is 11.3 Å². The van der Waals surface area contributed by atoms with E-state index in [1.54, 1.807) is 55.5 Å². The fourth-order valence-electron chi connectivity index (χ4n) is 5.28. The van der Waals surface area contributed by atoms with Crippen molar-refractivity contribution >= 4 is 35.0 Å². The highest BCUT2D eigenvalue weighted by molar-refractivity contribution is 7.99. The maximum absolute atomic E-state index is 12.9. The Hall–Kier alpha value is -2.61. The molecule has 0 spiro atoms. The zero-order chi connectivity index (χ0) is 24.2. The van der Waals surface area contributed by atoms with Gasteiger partial charge in [-0.15, -0.1) is 0 Å². The van der Waals surface area contributed by atoms with E-state index in [0.717, 1.165) is 5.92 Å². The van der Waals surface area contributed by atoms with E-state index in [1.807, 2.05) is 6.92 Å². The predicted octanol–water partition coefficient (Wildman–Crippen LogP) is 6.23. The number of carbonyl (C=O) groups excluding carboxylic acids is 2. The first-order valence-electron chi connectivity index (χ1n) is 11.7. The summed E-state index contributed by atoms with van der Waals surface area (Å²) in [5.41, 5.74) is 1.43. The van der Waals surface area contributed by atoms with Gasteiger partial charge in [-0.2, -0.15) is 8.78 Å². The molecule has 2 aromatic carbocycles. The molecule has 2 aromatic rings. The van der Waals surface area contributed by atoms with E-state index >= 15 is 0 Å². The molecule has 0 radical (unpaired) electrons. The zero-order valence-corrected chi connectivity index (χ0v) is 20.1. The topological polar surface area (TPSA) is 67.4 Å². The Balaban J connectivity index is 1.35. The van der Waals surface area contributed by atoms with Crippen molar-refractivity contribution in [1.29, 1.82) is 0 Å². The number of thioether (sulfide) groups is 1. The number of carbonyl (C=O) groups is 2. The van der Waals surface area contributed by atoms with Gasteiger partial charge in [-0.1, -0.05) is 30.3 Å². The maximum atomic E-state index is 12.9. The normalized spacial score (nSPS) is 22.9. The number of rotatable bonds is 9. The van der Waals surface area contributed by atoms with Crippen molar-refractivity contribution in [2.24, 2.45) is 17.8 Å². The first-order chi connectivity index (χ1) is 16.3. The Morgan fingerprint density at radius 2 is 1.76 bits per heavy atom. The quantitative estimate of drug-likeness (QED) is 0.323. The van der Waals surface area contributed by atoms with Crippen LogP contribution in [0.4, 0.5) is 20.2 Å². The Morgan fingerprint density at radius 1 is 1.03 bits per heavy atom. The second-order valence-corrected chi connectivity index (χ2v) is 10.3. The van der Waals surface area contributed by atoms with E-state index in [2.05, 4.69) is 10.6 Å². The highest BCUT2D eigenvalue weighted by Crippen LogP contribution is 2.49. The third kappa shape index (κ3) is 5.90. The lowest BCUT2D eigenvalue weighted by atomic mass is 9.84. The van der Waals surface area contributed by atoms with Gasteiger partial charge in [0.2, 0.25) is 0 Å². The van der Waals surface area contributed by atoms with Crippen molar-refractivity contribution in [1.82, 2.24) is 5.32 Å². The molecule has 5 atom stereocenters. The summed E-state index contributed by atoms with van der Waals surface area (Å²) < 4.78 is 30.5. The Labute approximate surface area is 203 Å². The van der Waals surface area contributed by atoms with Gasteiger partial charge in [0, 0.05) is 16.6 Å². The average Bonchev–Trinajstić information content (AvgIpc) is 3.44. The minimum atomic E-state index is -2.48. The van der Waals surface area contributed by atoms with Gasteiger partial charge >= 0.3 is 5.97 Å². The number of nitrogens with one attached hydrogen (secondary N) is 2. The van der Waals surface area contributed by atoms with Gasteiger partial charge < -0.3 is 15.4 Å². The second-order valence-electron chi connectivity index (χ2n) is 9.26. The third-order valence-electron chi connectivity index (χ3n) is 6.96. The molecular weight excluding hydrogens is 458 g/mol. The van der Waals surface area contributed by atoms with E-state index in [-0.39, 0.29) is 17.5 Å². The van der Waals surface area contributed by atoms with E-state index in [1.165, 1.54) is 25.7 Å². The van der Waals surface area contributed by atoms with Crippen LogP contribution in [0.3, 0.4) is 0 Å². The van der Waals surface area contributed by atoms with Crippen molar-refractivity contribution < 1.29 is 23.1 Å². The van der Waals surface area contributed by atoms with Crippen LogP contribution in [0, 0.1) is 17.8 Å². The largest absolute Gasteiger partial charge is 0.449 e. The molecule has 2 N–H and O–H groups in total. The lowest BCUT2D eigenvalue weighted by Gasteiger charge is -2.29. The summed E-state index contributed by atoms with van der Waals surface area (Å²) >= 11 is 0.473. The molecule has 0 aliphatic heterocycles. The lowest BCUT2D eigenvalue weighted by molar-refractivity contribution is -0.130. The molecule has 2 bridgehead atoms. The number of hydrogen-bond acceptors (Lipinski definition) is 5. The van der Waals surface area contributed by atoms with Gasteiger partial charge in [0.1, 0.15) is 0 Å².